The first kappa shape index (κ1) is 15.7. The van der Waals surface area contributed by atoms with Gasteiger partial charge in [-0.3, -0.25) is 0 Å². The van der Waals surface area contributed by atoms with Gasteiger partial charge in [-0.15, -0.1) is 0 Å². The predicted molar refractivity (Wildman–Crippen MR) is 74.7 cm³/mol. The number of halogens is 4. The zero-order valence-electron chi connectivity index (χ0n) is 11.9. The number of alkyl halides is 2. The Kier molecular flexibility index (Phi) is 3.93. The van der Waals surface area contributed by atoms with E-state index in [1.807, 2.05) is 0 Å². The molecule has 23 heavy (non-hydrogen) atoms. The molecular formula is C15H13F4N3O. The van der Waals surface area contributed by atoms with Gasteiger partial charge in [-0.1, -0.05) is 0 Å². The summed E-state index contributed by atoms with van der Waals surface area (Å²) in [7, 11) is 0. The van der Waals surface area contributed by atoms with Gasteiger partial charge in [0, 0.05) is 12.0 Å². The lowest BCUT2D eigenvalue weighted by molar-refractivity contribution is -0.146. The van der Waals surface area contributed by atoms with Crippen molar-refractivity contribution >= 4 is 5.69 Å². The minimum Gasteiger partial charge on any atom is -0.395 e. The van der Waals surface area contributed by atoms with Gasteiger partial charge in [-0.2, -0.15) is 0 Å². The molecule has 0 radical (unpaired) electrons. The van der Waals surface area contributed by atoms with E-state index in [-0.39, 0.29) is 35.5 Å². The van der Waals surface area contributed by atoms with Crippen molar-refractivity contribution in [1.82, 2.24) is 9.97 Å². The Labute approximate surface area is 129 Å². The Bertz CT molecular complexity index is 729. The molecule has 0 saturated carbocycles. The largest absolute Gasteiger partial charge is 0.395 e. The number of nitrogens with zero attached hydrogens (tertiary/aromatic N) is 2. The summed E-state index contributed by atoms with van der Waals surface area (Å²) >= 11 is 0. The zero-order chi connectivity index (χ0) is 16.6. The highest BCUT2D eigenvalue weighted by Crippen LogP contribution is 2.38. The Morgan fingerprint density at radius 2 is 2.00 bits per heavy atom. The number of nitrogen functional groups attached to an aromatic ring is 1. The Balaban J connectivity index is 1.98. The van der Waals surface area contributed by atoms with E-state index < -0.39 is 30.3 Å². The highest BCUT2D eigenvalue weighted by Gasteiger charge is 2.37. The normalized spacial score (nSPS) is 20.4. The van der Waals surface area contributed by atoms with E-state index in [1.54, 1.807) is 0 Å². The van der Waals surface area contributed by atoms with Crippen molar-refractivity contribution in [1.29, 1.82) is 0 Å². The van der Waals surface area contributed by atoms with Crippen LogP contribution in [0.3, 0.4) is 0 Å². The molecule has 2 heterocycles. The lowest BCUT2D eigenvalue weighted by Gasteiger charge is -2.29. The molecule has 8 heteroatoms. The van der Waals surface area contributed by atoms with E-state index in [0.29, 0.717) is 0 Å². The Morgan fingerprint density at radius 1 is 1.22 bits per heavy atom. The second-order valence-corrected chi connectivity index (χ2v) is 5.34. The molecule has 0 spiro atoms. The number of aromatic nitrogens is 2. The van der Waals surface area contributed by atoms with Crippen molar-refractivity contribution in [3.8, 4) is 11.3 Å². The van der Waals surface area contributed by atoms with Crippen LogP contribution in [0.4, 0.5) is 23.2 Å². The number of nitrogens with two attached hydrogens (primary N) is 1. The molecule has 122 valence electrons. The SMILES string of the molecule is Nc1c(-c2cc(F)ccc2F)ncnc1C1CCC(F)(F)CO1. The van der Waals surface area contributed by atoms with E-state index in [2.05, 4.69) is 9.97 Å². The van der Waals surface area contributed by atoms with Crippen molar-refractivity contribution in [3.63, 3.8) is 0 Å². The predicted octanol–water partition coefficient (Wildman–Crippen LogP) is 3.49. The van der Waals surface area contributed by atoms with E-state index >= 15 is 0 Å². The molecule has 1 saturated heterocycles. The Hall–Kier alpha value is -2.22. The fourth-order valence-corrected chi connectivity index (χ4v) is 2.50. The summed E-state index contributed by atoms with van der Waals surface area (Å²) in [5, 5.41) is 0. The van der Waals surface area contributed by atoms with Gasteiger partial charge in [0.15, 0.2) is 0 Å². The van der Waals surface area contributed by atoms with E-state index in [4.69, 9.17) is 10.5 Å². The quantitative estimate of drug-likeness (QED) is 0.858. The summed E-state index contributed by atoms with van der Waals surface area (Å²) in [5.74, 6) is -4.22. The van der Waals surface area contributed by atoms with Crippen LogP contribution in [-0.4, -0.2) is 22.5 Å². The van der Waals surface area contributed by atoms with E-state index in [9.17, 15) is 17.6 Å². The summed E-state index contributed by atoms with van der Waals surface area (Å²) in [5.41, 5.74) is 6.04. The van der Waals surface area contributed by atoms with Crippen LogP contribution in [0.5, 0.6) is 0 Å². The molecule has 3 rings (SSSR count). The second kappa shape index (κ2) is 5.77. The number of anilines is 1. The van der Waals surface area contributed by atoms with Crippen LogP contribution < -0.4 is 5.73 Å². The third kappa shape index (κ3) is 3.12. The van der Waals surface area contributed by atoms with Gasteiger partial charge in [-0.05, 0) is 24.6 Å². The van der Waals surface area contributed by atoms with Crippen LogP contribution in [-0.2, 0) is 4.74 Å². The van der Waals surface area contributed by atoms with Crippen molar-refractivity contribution < 1.29 is 22.3 Å². The summed E-state index contributed by atoms with van der Waals surface area (Å²) < 4.78 is 58.7. The number of hydrogen-bond acceptors (Lipinski definition) is 4. The minimum absolute atomic E-state index is 0.00721. The average molecular weight is 327 g/mol. The minimum atomic E-state index is -2.88. The lowest BCUT2D eigenvalue weighted by Crippen LogP contribution is -2.31. The van der Waals surface area contributed by atoms with E-state index in [0.717, 1.165) is 24.5 Å². The van der Waals surface area contributed by atoms with Gasteiger partial charge in [0.25, 0.3) is 5.92 Å². The molecule has 2 N–H and O–H groups in total. The molecule has 1 aromatic heterocycles. The molecule has 1 fully saturated rings. The number of benzene rings is 1. The van der Waals surface area contributed by atoms with Crippen molar-refractivity contribution in [3.05, 3.63) is 41.9 Å². The maximum Gasteiger partial charge on any atom is 0.271 e. The second-order valence-electron chi connectivity index (χ2n) is 5.34. The summed E-state index contributed by atoms with van der Waals surface area (Å²) in [6.45, 7) is -0.731. The molecule has 0 amide bonds. The first-order valence-electron chi connectivity index (χ1n) is 6.92. The van der Waals surface area contributed by atoms with Crippen LogP contribution in [0.15, 0.2) is 24.5 Å². The third-order valence-corrected chi connectivity index (χ3v) is 3.67. The molecule has 0 aliphatic carbocycles. The number of rotatable bonds is 2. The van der Waals surface area contributed by atoms with Gasteiger partial charge in [0.05, 0.1) is 17.1 Å². The topological polar surface area (TPSA) is 61.0 Å². The lowest BCUT2D eigenvalue weighted by atomic mass is 10.0. The van der Waals surface area contributed by atoms with Gasteiger partial charge < -0.3 is 10.5 Å². The monoisotopic (exact) mass is 327 g/mol. The molecule has 4 nitrogen and oxygen atoms in total. The van der Waals surface area contributed by atoms with E-state index in [1.165, 1.54) is 0 Å². The van der Waals surface area contributed by atoms with Crippen LogP contribution in [0.1, 0.15) is 24.6 Å². The summed E-state index contributed by atoms with van der Waals surface area (Å²) in [4.78, 5) is 7.85. The maximum atomic E-state index is 13.9. The number of ether oxygens (including phenoxy) is 1. The molecular weight excluding hydrogens is 314 g/mol. The Morgan fingerprint density at radius 3 is 2.70 bits per heavy atom. The molecule has 1 aromatic carbocycles. The van der Waals surface area contributed by atoms with Crippen LogP contribution in [0.2, 0.25) is 0 Å². The average Bonchev–Trinajstić information content (AvgIpc) is 2.51. The smallest absolute Gasteiger partial charge is 0.271 e. The first-order valence-corrected chi connectivity index (χ1v) is 6.92. The van der Waals surface area contributed by atoms with Crippen LogP contribution >= 0.6 is 0 Å². The van der Waals surface area contributed by atoms with Gasteiger partial charge in [-0.25, -0.2) is 27.5 Å². The molecule has 1 aliphatic rings. The van der Waals surface area contributed by atoms with Gasteiger partial charge in [0.1, 0.15) is 30.7 Å². The van der Waals surface area contributed by atoms with Crippen molar-refractivity contribution in [2.24, 2.45) is 0 Å². The first-order chi connectivity index (χ1) is 10.9. The molecule has 0 bridgehead atoms. The fraction of sp³-hybridized carbons (Fsp3) is 0.333. The zero-order valence-corrected chi connectivity index (χ0v) is 11.9. The van der Waals surface area contributed by atoms with Crippen molar-refractivity contribution in [2.45, 2.75) is 24.9 Å². The number of hydrogen-bond donors (Lipinski definition) is 1. The van der Waals surface area contributed by atoms with Gasteiger partial charge >= 0.3 is 0 Å². The molecule has 2 aromatic rings. The molecule has 1 aliphatic heterocycles. The summed E-state index contributed by atoms with van der Waals surface area (Å²) in [6, 6.07) is 2.90. The van der Waals surface area contributed by atoms with Crippen molar-refractivity contribution in [2.75, 3.05) is 12.3 Å². The maximum absolute atomic E-state index is 13.9. The molecule has 1 atom stereocenters. The molecule has 1 unspecified atom stereocenters. The third-order valence-electron chi connectivity index (χ3n) is 3.67. The fourth-order valence-electron chi connectivity index (χ4n) is 2.50. The van der Waals surface area contributed by atoms with Gasteiger partial charge in [0.2, 0.25) is 0 Å². The summed E-state index contributed by atoms with van der Waals surface area (Å²) in [6.07, 6.45) is 0.0685. The highest BCUT2D eigenvalue weighted by molar-refractivity contribution is 5.74. The standard InChI is InChI=1S/C15H13F4N3O/c16-8-1-2-10(17)9(5-8)13-12(20)14(22-7-21-13)11-3-4-15(18,19)6-23-11/h1-2,5,7,11H,3-4,6,20H2. The highest BCUT2D eigenvalue weighted by atomic mass is 19.3. The van der Waals surface area contributed by atoms with Crippen LogP contribution in [0, 0.1) is 11.6 Å². The van der Waals surface area contributed by atoms with Crippen LogP contribution in [0.25, 0.3) is 11.3 Å².